The van der Waals surface area contributed by atoms with E-state index in [-0.39, 0.29) is 12.3 Å². The Morgan fingerprint density at radius 1 is 1.03 bits per heavy atom. The molecule has 0 unspecified atom stereocenters. The molecule has 5 rings (SSSR count). The van der Waals surface area contributed by atoms with E-state index >= 15 is 0 Å². The highest BCUT2D eigenvalue weighted by molar-refractivity contribution is 6.07. The van der Waals surface area contributed by atoms with Gasteiger partial charge in [0.25, 0.3) is 0 Å². The molecular formula is C28H27NO6. The van der Waals surface area contributed by atoms with Gasteiger partial charge in [0.15, 0.2) is 0 Å². The zero-order valence-corrected chi connectivity index (χ0v) is 20.0. The number of rotatable bonds is 4. The zero-order chi connectivity index (χ0) is 24.9. The fourth-order valence-electron chi connectivity index (χ4n) is 5.46. The highest BCUT2D eigenvalue weighted by Crippen LogP contribution is 2.37. The molecule has 0 saturated carbocycles. The average Bonchev–Trinajstić information content (AvgIpc) is 3.23. The van der Waals surface area contributed by atoms with Crippen LogP contribution >= 0.6 is 0 Å². The molecule has 2 aromatic heterocycles. The van der Waals surface area contributed by atoms with Crippen molar-refractivity contribution in [1.82, 2.24) is 4.90 Å². The third-order valence-corrected chi connectivity index (χ3v) is 7.50. The van der Waals surface area contributed by atoms with Crippen molar-refractivity contribution in [2.24, 2.45) is 0 Å². The van der Waals surface area contributed by atoms with Gasteiger partial charge in [-0.15, -0.1) is 0 Å². The van der Waals surface area contributed by atoms with Gasteiger partial charge in [-0.3, -0.25) is 9.59 Å². The molecule has 1 fully saturated rings. The molecule has 7 nitrogen and oxygen atoms in total. The molecule has 1 amide bonds. The van der Waals surface area contributed by atoms with Crippen molar-refractivity contribution in [3.63, 3.8) is 0 Å². The lowest BCUT2D eigenvalue weighted by molar-refractivity contribution is -0.148. The predicted molar refractivity (Wildman–Crippen MR) is 132 cm³/mol. The van der Waals surface area contributed by atoms with E-state index in [2.05, 4.69) is 0 Å². The largest absolute Gasteiger partial charge is 0.481 e. The van der Waals surface area contributed by atoms with Crippen LogP contribution in [-0.4, -0.2) is 35.0 Å². The van der Waals surface area contributed by atoms with Gasteiger partial charge < -0.3 is 18.8 Å². The van der Waals surface area contributed by atoms with Crippen LogP contribution in [0, 0.1) is 20.8 Å². The lowest BCUT2D eigenvalue weighted by atomic mass is 9.73. The summed E-state index contributed by atoms with van der Waals surface area (Å²) in [5, 5.41) is 11.7. The summed E-state index contributed by atoms with van der Waals surface area (Å²) in [7, 11) is 0. The second-order valence-corrected chi connectivity index (χ2v) is 9.49. The molecule has 2 aromatic carbocycles. The maximum atomic E-state index is 13.2. The molecule has 35 heavy (non-hydrogen) atoms. The zero-order valence-electron chi connectivity index (χ0n) is 20.0. The third kappa shape index (κ3) is 3.62. The van der Waals surface area contributed by atoms with E-state index in [1.807, 2.05) is 57.2 Å². The maximum absolute atomic E-state index is 13.2. The van der Waals surface area contributed by atoms with E-state index in [0.717, 1.165) is 22.1 Å². The van der Waals surface area contributed by atoms with Crippen LogP contribution in [0.5, 0.6) is 0 Å². The Morgan fingerprint density at radius 3 is 2.37 bits per heavy atom. The Morgan fingerprint density at radius 2 is 1.71 bits per heavy atom. The van der Waals surface area contributed by atoms with E-state index in [1.165, 1.54) is 0 Å². The molecule has 1 aliphatic heterocycles. The molecule has 0 spiro atoms. The van der Waals surface area contributed by atoms with Crippen molar-refractivity contribution < 1.29 is 23.5 Å². The van der Waals surface area contributed by atoms with Crippen molar-refractivity contribution >= 4 is 33.8 Å². The minimum Gasteiger partial charge on any atom is -0.481 e. The highest BCUT2D eigenvalue weighted by atomic mass is 16.4. The van der Waals surface area contributed by atoms with Crippen LogP contribution in [0.2, 0.25) is 0 Å². The van der Waals surface area contributed by atoms with Crippen molar-refractivity contribution in [2.75, 3.05) is 13.1 Å². The molecule has 1 aliphatic rings. The number of benzene rings is 2. The number of fused-ring (bicyclic) bond motifs is 3. The summed E-state index contributed by atoms with van der Waals surface area (Å²) in [5.74, 6) is -1.10. The number of piperidine rings is 1. The second kappa shape index (κ2) is 8.41. The lowest BCUT2D eigenvalue weighted by Crippen LogP contribution is -2.49. The fourth-order valence-corrected chi connectivity index (χ4v) is 5.46. The summed E-state index contributed by atoms with van der Waals surface area (Å²) >= 11 is 0. The van der Waals surface area contributed by atoms with Gasteiger partial charge >= 0.3 is 11.6 Å². The van der Waals surface area contributed by atoms with Crippen LogP contribution in [0.3, 0.4) is 0 Å². The number of furan rings is 1. The highest BCUT2D eigenvalue weighted by Gasteiger charge is 2.43. The fraction of sp³-hybridized carbons (Fsp3) is 0.321. The van der Waals surface area contributed by atoms with Crippen molar-refractivity contribution in [2.45, 2.75) is 45.4 Å². The first kappa shape index (κ1) is 22.9. The Kier molecular flexibility index (Phi) is 5.50. The van der Waals surface area contributed by atoms with E-state index in [4.69, 9.17) is 8.83 Å². The number of hydrogen-bond acceptors (Lipinski definition) is 5. The summed E-state index contributed by atoms with van der Waals surface area (Å²) in [6.07, 6.45) is 2.20. The van der Waals surface area contributed by atoms with Gasteiger partial charge in [0.05, 0.1) is 29.0 Å². The summed E-state index contributed by atoms with van der Waals surface area (Å²) in [4.78, 5) is 40.0. The van der Waals surface area contributed by atoms with Crippen LogP contribution in [0.1, 0.15) is 40.7 Å². The average molecular weight is 474 g/mol. The molecule has 1 saturated heterocycles. The number of amides is 1. The molecule has 4 aromatic rings. The molecule has 0 bridgehead atoms. The first-order valence-corrected chi connectivity index (χ1v) is 11.7. The van der Waals surface area contributed by atoms with Crippen molar-refractivity contribution in [1.29, 1.82) is 0 Å². The first-order chi connectivity index (χ1) is 16.7. The van der Waals surface area contributed by atoms with Crippen molar-refractivity contribution in [3.05, 3.63) is 80.9 Å². The summed E-state index contributed by atoms with van der Waals surface area (Å²) in [6.45, 7) is 6.33. The lowest BCUT2D eigenvalue weighted by Gasteiger charge is -2.39. The standard InChI is InChI=1S/C28H27NO6/c1-16-13-21-24(25-23(16)17(2)15-34-25)18(3)20(26(31)35-21)14-22(30)29-11-9-28(10-12-29,27(32)33)19-7-5-4-6-8-19/h4-8,13,15H,9-12,14H2,1-3H3,(H,32,33). The quantitative estimate of drug-likeness (QED) is 0.433. The Bertz CT molecular complexity index is 1520. The number of hydrogen-bond donors (Lipinski definition) is 1. The van der Waals surface area contributed by atoms with E-state index in [1.54, 1.807) is 11.2 Å². The van der Waals surface area contributed by atoms with Gasteiger partial charge in [-0.2, -0.15) is 0 Å². The summed E-state index contributed by atoms with van der Waals surface area (Å²) < 4.78 is 11.4. The van der Waals surface area contributed by atoms with Crippen LogP contribution in [0.15, 0.2) is 56.3 Å². The Hall–Kier alpha value is -3.87. The predicted octanol–water partition coefficient (Wildman–Crippen LogP) is 4.65. The molecule has 3 heterocycles. The number of aliphatic carboxylic acids is 1. The number of aryl methyl sites for hydroxylation is 3. The van der Waals surface area contributed by atoms with Gasteiger partial charge in [-0.25, -0.2) is 4.79 Å². The molecule has 0 aliphatic carbocycles. The minimum atomic E-state index is -1.02. The Labute approximate surface area is 201 Å². The summed E-state index contributed by atoms with van der Waals surface area (Å²) in [6, 6.07) is 11.0. The van der Waals surface area contributed by atoms with Crippen LogP contribution in [0.25, 0.3) is 21.9 Å². The number of carboxylic acid groups (broad SMARTS) is 1. The number of carboxylic acids is 1. The normalized spacial score (nSPS) is 15.6. The monoisotopic (exact) mass is 473 g/mol. The number of carbonyl (C=O) groups is 2. The third-order valence-electron chi connectivity index (χ3n) is 7.50. The second-order valence-electron chi connectivity index (χ2n) is 9.49. The van der Waals surface area contributed by atoms with Gasteiger partial charge in [-0.1, -0.05) is 30.3 Å². The molecule has 180 valence electrons. The van der Waals surface area contributed by atoms with E-state index in [0.29, 0.717) is 53.6 Å². The van der Waals surface area contributed by atoms with Crippen LogP contribution < -0.4 is 5.63 Å². The Balaban J connectivity index is 1.44. The molecular weight excluding hydrogens is 446 g/mol. The molecule has 0 atom stereocenters. The smallest absolute Gasteiger partial charge is 0.340 e. The number of likely N-dealkylation sites (tertiary alicyclic amines) is 1. The van der Waals surface area contributed by atoms with Crippen LogP contribution in [-0.2, 0) is 21.4 Å². The van der Waals surface area contributed by atoms with E-state index in [9.17, 15) is 19.5 Å². The minimum absolute atomic E-state index is 0.107. The SMILES string of the molecule is Cc1coc2c1c(C)cc1oc(=O)c(CC(=O)N3CCC(C(=O)O)(c4ccccc4)CC3)c(C)c12. The molecule has 1 N–H and O–H groups in total. The van der Waals surface area contributed by atoms with Crippen LogP contribution in [0.4, 0.5) is 0 Å². The maximum Gasteiger partial charge on any atom is 0.340 e. The van der Waals surface area contributed by atoms with Crippen molar-refractivity contribution in [3.8, 4) is 0 Å². The first-order valence-electron chi connectivity index (χ1n) is 11.7. The number of carbonyl (C=O) groups excluding carboxylic acids is 1. The number of nitrogens with zero attached hydrogens (tertiary/aromatic N) is 1. The van der Waals surface area contributed by atoms with Gasteiger partial charge in [0.1, 0.15) is 11.2 Å². The summed E-state index contributed by atoms with van der Waals surface area (Å²) in [5.41, 5.74) is 3.22. The topological polar surface area (TPSA) is 101 Å². The van der Waals surface area contributed by atoms with E-state index < -0.39 is 17.0 Å². The van der Waals surface area contributed by atoms with Gasteiger partial charge in [0, 0.05) is 18.5 Å². The molecule has 0 radical (unpaired) electrons. The molecule has 7 heteroatoms. The van der Waals surface area contributed by atoms with Gasteiger partial charge in [0.2, 0.25) is 5.91 Å². The van der Waals surface area contributed by atoms with Gasteiger partial charge in [-0.05, 0) is 61.9 Å².